The van der Waals surface area contributed by atoms with Gasteiger partial charge in [0, 0.05) is 0 Å². The van der Waals surface area contributed by atoms with Gasteiger partial charge in [0.2, 0.25) is 0 Å². The summed E-state index contributed by atoms with van der Waals surface area (Å²) in [6.45, 7) is 0. The van der Waals surface area contributed by atoms with Gasteiger partial charge in [0.1, 0.15) is 6.33 Å². The maximum Gasteiger partial charge on any atom is 0.186 e. The zero-order chi connectivity index (χ0) is 5.11. The largest absolute Gasteiger partial charge is 0.255 e. The lowest BCUT2D eigenvalue weighted by Gasteiger charge is -1.67. The molecule has 5 heteroatoms. The number of hydrogen-bond acceptors (Lipinski definition) is 3. The normalized spacial score (nSPS) is 9.71. The third-order valence-electron chi connectivity index (χ3n) is 0.489. The molecule has 7 heavy (non-hydrogen) atoms. The Bertz CT molecular complexity index is 148. The van der Waals surface area contributed by atoms with E-state index in [-0.39, 0.29) is 0 Å². The maximum absolute atomic E-state index is 4.61. The molecule has 1 aromatic heterocycles. The van der Waals surface area contributed by atoms with Gasteiger partial charge in [0.05, 0.1) is 7.36 Å². The van der Waals surface area contributed by atoms with E-state index in [4.69, 9.17) is 0 Å². The van der Waals surface area contributed by atoms with Gasteiger partial charge in [-0.05, 0) is 11.8 Å². The first kappa shape index (κ1) is 4.81. The zero-order valence-electron chi connectivity index (χ0n) is 3.33. The highest BCUT2D eigenvalue weighted by atomic mass is 32.4. The second-order valence-electron chi connectivity index (χ2n) is 0.900. The van der Waals surface area contributed by atoms with Crippen LogP contribution in [0.4, 0.5) is 0 Å². The SMILES string of the molecule is S=Pc1ncn[nH]1. The fraction of sp³-hybridized carbons (Fsp3) is 0. The molecule has 3 nitrogen and oxygen atoms in total. The molecule has 1 N–H and O–H groups in total. The molecule has 0 aliphatic carbocycles. The Morgan fingerprint density at radius 3 is 3.00 bits per heavy atom. The van der Waals surface area contributed by atoms with Gasteiger partial charge >= 0.3 is 0 Å². The molecule has 0 spiro atoms. The topological polar surface area (TPSA) is 41.6 Å². The molecule has 0 amide bonds. The Kier molecular flexibility index (Phi) is 1.44. The van der Waals surface area contributed by atoms with E-state index in [0.717, 1.165) is 12.9 Å². The van der Waals surface area contributed by atoms with Crippen molar-refractivity contribution in [1.82, 2.24) is 15.2 Å². The summed E-state index contributed by atoms with van der Waals surface area (Å²) in [4.78, 5) is 3.75. The van der Waals surface area contributed by atoms with Crippen LogP contribution in [0.25, 0.3) is 0 Å². The first-order valence-electron chi connectivity index (χ1n) is 1.62. The Hall–Kier alpha value is -0.340. The summed E-state index contributed by atoms with van der Waals surface area (Å²) in [6, 6.07) is 0. The van der Waals surface area contributed by atoms with Gasteiger partial charge in [0.25, 0.3) is 0 Å². The van der Waals surface area contributed by atoms with Gasteiger partial charge in [-0.15, -0.1) is 0 Å². The molecule has 0 radical (unpaired) electrons. The Morgan fingerprint density at radius 1 is 1.86 bits per heavy atom. The highest BCUT2D eigenvalue weighted by molar-refractivity contribution is 7.99. The molecule has 0 aromatic carbocycles. The van der Waals surface area contributed by atoms with Crippen LogP contribution in [-0.2, 0) is 11.8 Å². The molecule has 36 valence electrons. The fourth-order valence-electron chi connectivity index (χ4n) is 0.243. The van der Waals surface area contributed by atoms with E-state index in [1.165, 1.54) is 6.33 Å². The molecule has 0 atom stereocenters. The van der Waals surface area contributed by atoms with Gasteiger partial charge in [-0.3, -0.25) is 5.10 Å². The lowest BCUT2D eigenvalue weighted by molar-refractivity contribution is 1.11. The minimum Gasteiger partial charge on any atom is -0.255 e. The standard InChI is InChI=1S/C2H2N3PS/c7-6-2-3-1-4-5-2/h1H,(H,3,4,5). The number of aromatic amines is 1. The van der Waals surface area contributed by atoms with Gasteiger partial charge in [-0.2, -0.15) is 5.10 Å². The van der Waals surface area contributed by atoms with Gasteiger partial charge in [-0.1, -0.05) is 0 Å². The molecule has 0 aliphatic heterocycles. The summed E-state index contributed by atoms with van der Waals surface area (Å²) < 4.78 is 0. The van der Waals surface area contributed by atoms with Crippen LogP contribution in [-0.4, -0.2) is 15.2 Å². The molecule has 0 saturated heterocycles. The predicted octanol–water partition coefficient (Wildman–Crippen LogP) is -0.162. The maximum atomic E-state index is 4.61. The minimum atomic E-state index is 0.719. The molecule has 0 bridgehead atoms. The van der Waals surface area contributed by atoms with E-state index < -0.39 is 0 Å². The summed E-state index contributed by atoms with van der Waals surface area (Å²) in [5, 5.41) is 6.19. The fourth-order valence-corrected chi connectivity index (χ4v) is 0.704. The number of nitrogens with one attached hydrogen (secondary N) is 1. The average Bonchev–Trinajstić information content (AvgIpc) is 2.14. The van der Waals surface area contributed by atoms with E-state index in [1.54, 1.807) is 0 Å². The molecule has 1 rings (SSSR count). The van der Waals surface area contributed by atoms with Crippen molar-refractivity contribution in [1.29, 1.82) is 0 Å². The third-order valence-corrected chi connectivity index (χ3v) is 1.40. The quantitative estimate of drug-likeness (QED) is 0.538. The van der Waals surface area contributed by atoms with Crippen molar-refractivity contribution in [2.45, 2.75) is 0 Å². The Morgan fingerprint density at radius 2 is 2.71 bits per heavy atom. The summed E-state index contributed by atoms with van der Waals surface area (Å²) in [7, 11) is 0.719. The Labute approximate surface area is 47.0 Å². The van der Waals surface area contributed by atoms with Crippen LogP contribution in [0.1, 0.15) is 0 Å². The van der Waals surface area contributed by atoms with Crippen LogP contribution in [0.5, 0.6) is 0 Å². The van der Waals surface area contributed by atoms with Crippen molar-refractivity contribution >= 4 is 24.7 Å². The summed E-state index contributed by atoms with van der Waals surface area (Å²) in [5.41, 5.74) is 0.731. The third kappa shape index (κ3) is 1.01. The first-order chi connectivity index (χ1) is 3.43. The highest BCUT2D eigenvalue weighted by Crippen LogP contribution is 1.82. The van der Waals surface area contributed by atoms with Crippen molar-refractivity contribution in [2.75, 3.05) is 0 Å². The second kappa shape index (κ2) is 2.09. The zero-order valence-corrected chi connectivity index (χ0v) is 5.04. The van der Waals surface area contributed by atoms with Crippen LogP contribution in [0.2, 0.25) is 0 Å². The lowest BCUT2D eigenvalue weighted by atomic mass is 11.3. The van der Waals surface area contributed by atoms with E-state index in [2.05, 4.69) is 27.0 Å². The van der Waals surface area contributed by atoms with Crippen molar-refractivity contribution in [3.8, 4) is 0 Å². The molecular weight excluding hydrogens is 129 g/mol. The second-order valence-corrected chi connectivity index (χ2v) is 2.05. The van der Waals surface area contributed by atoms with E-state index >= 15 is 0 Å². The molecule has 0 aliphatic rings. The van der Waals surface area contributed by atoms with Gasteiger partial charge in [0.15, 0.2) is 5.57 Å². The number of H-pyrrole nitrogens is 1. The monoisotopic (exact) mass is 131 g/mol. The summed E-state index contributed by atoms with van der Waals surface area (Å²) >= 11 is 4.61. The first-order valence-corrected chi connectivity index (χ1v) is 3.53. The van der Waals surface area contributed by atoms with Crippen LogP contribution < -0.4 is 5.57 Å². The van der Waals surface area contributed by atoms with Crippen LogP contribution >= 0.6 is 7.36 Å². The molecule has 0 saturated carbocycles. The van der Waals surface area contributed by atoms with Crippen molar-refractivity contribution < 1.29 is 0 Å². The van der Waals surface area contributed by atoms with Crippen molar-refractivity contribution in [3.05, 3.63) is 6.33 Å². The van der Waals surface area contributed by atoms with Gasteiger partial charge in [-0.25, -0.2) is 4.98 Å². The minimum absolute atomic E-state index is 0.719. The van der Waals surface area contributed by atoms with Gasteiger partial charge < -0.3 is 0 Å². The van der Waals surface area contributed by atoms with Crippen molar-refractivity contribution in [2.24, 2.45) is 0 Å². The van der Waals surface area contributed by atoms with Crippen molar-refractivity contribution in [3.63, 3.8) is 0 Å². The highest BCUT2D eigenvalue weighted by Gasteiger charge is 1.82. The van der Waals surface area contributed by atoms with E-state index in [0.29, 0.717) is 0 Å². The molecule has 0 unspecified atom stereocenters. The number of nitrogens with zero attached hydrogens (tertiary/aromatic N) is 2. The van der Waals surface area contributed by atoms with Crippen LogP contribution in [0.15, 0.2) is 6.33 Å². The Balaban J connectivity index is 2.96. The van der Waals surface area contributed by atoms with Crippen LogP contribution in [0, 0.1) is 0 Å². The number of rotatable bonds is 1. The number of hydrogen-bond donors (Lipinski definition) is 1. The summed E-state index contributed by atoms with van der Waals surface area (Å²) in [5.74, 6) is 0. The predicted molar refractivity (Wildman–Crippen MR) is 30.3 cm³/mol. The number of aromatic nitrogens is 3. The molecule has 1 heterocycles. The van der Waals surface area contributed by atoms with Crippen LogP contribution in [0.3, 0.4) is 0 Å². The molecular formula is C2H2N3PS. The summed E-state index contributed by atoms with van der Waals surface area (Å²) in [6.07, 6.45) is 1.44. The average molecular weight is 131 g/mol. The van der Waals surface area contributed by atoms with E-state index in [1.807, 2.05) is 0 Å². The molecule has 0 fully saturated rings. The molecule has 1 aromatic rings. The smallest absolute Gasteiger partial charge is 0.186 e. The van der Waals surface area contributed by atoms with E-state index in [9.17, 15) is 0 Å². The lowest BCUT2D eigenvalue weighted by Crippen LogP contribution is -1.93.